The van der Waals surface area contributed by atoms with Crippen LogP contribution in [-0.4, -0.2) is 34.7 Å². The molecule has 118 valence electrons. The number of ether oxygens (including phenoxy) is 1. The Balaban J connectivity index is 1.66. The summed E-state index contributed by atoms with van der Waals surface area (Å²) in [5.41, 5.74) is -0.283. The monoisotopic (exact) mass is 306 g/mol. The van der Waals surface area contributed by atoms with Crippen LogP contribution in [0.25, 0.3) is 0 Å². The third-order valence-corrected chi connectivity index (χ3v) is 4.23. The van der Waals surface area contributed by atoms with E-state index >= 15 is 0 Å². The third-order valence-electron chi connectivity index (χ3n) is 4.23. The number of hydrogen-bond donors (Lipinski definition) is 2. The molecule has 0 aromatic heterocycles. The van der Waals surface area contributed by atoms with Gasteiger partial charge in [-0.15, -0.1) is 0 Å². The molecule has 1 aromatic rings. The van der Waals surface area contributed by atoms with Crippen molar-refractivity contribution in [3.63, 3.8) is 0 Å². The third kappa shape index (κ3) is 3.19. The van der Waals surface area contributed by atoms with Crippen molar-refractivity contribution >= 4 is 11.6 Å². The number of amides is 1. The van der Waals surface area contributed by atoms with Gasteiger partial charge in [0, 0.05) is 24.3 Å². The van der Waals surface area contributed by atoms with E-state index in [1.165, 1.54) is 25.0 Å². The van der Waals surface area contributed by atoms with Gasteiger partial charge in [0.2, 0.25) is 0 Å². The summed E-state index contributed by atoms with van der Waals surface area (Å²) >= 11 is 0. The molecule has 1 heterocycles. The molecule has 2 fully saturated rings. The topological polar surface area (TPSA) is 102 Å². The number of benzene rings is 1. The molecule has 1 aliphatic carbocycles. The van der Waals surface area contributed by atoms with E-state index in [1.807, 2.05) is 0 Å². The highest BCUT2D eigenvalue weighted by Crippen LogP contribution is 2.38. The van der Waals surface area contributed by atoms with Gasteiger partial charge in [-0.2, -0.15) is 0 Å². The lowest BCUT2D eigenvalue weighted by atomic mass is 9.99. The Bertz CT molecular complexity index is 600. The summed E-state index contributed by atoms with van der Waals surface area (Å²) in [7, 11) is 0. The molecule has 0 unspecified atom stereocenters. The highest BCUT2D eigenvalue weighted by atomic mass is 16.6. The minimum atomic E-state index is -0.705. The second-order valence-corrected chi connectivity index (χ2v) is 5.90. The lowest BCUT2D eigenvalue weighted by molar-refractivity contribution is -0.385. The van der Waals surface area contributed by atoms with Crippen LogP contribution in [0.5, 0.6) is 5.75 Å². The molecule has 0 spiro atoms. The van der Waals surface area contributed by atoms with Crippen LogP contribution in [0, 0.1) is 16.0 Å². The zero-order valence-electron chi connectivity index (χ0n) is 12.0. The number of nitrogens with zero attached hydrogens (tertiary/aromatic N) is 1. The largest absolute Gasteiger partial charge is 0.502 e. The van der Waals surface area contributed by atoms with Gasteiger partial charge in [-0.05, 0) is 43.7 Å². The number of nitro benzene ring substituents is 1. The van der Waals surface area contributed by atoms with Crippen molar-refractivity contribution in [2.75, 3.05) is 6.61 Å². The fourth-order valence-electron chi connectivity index (χ4n) is 2.84. The predicted octanol–water partition coefficient (Wildman–Crippen LogP) is 1.99. The van der Waals surface area contributed by atoms with Gasteiger partial charge >= 0.3 is 5.69 Å². The first-order valence-electron chi connectivity index (χ1n) is 7.44. The minimum absolute atomic E-state index is 0.0275. The molecular formula is C15H18N2O5. The Hall–Kier alpha value is -2.15. The maximum absolute atomic E-state index is 12.2. The van der Waals surface area contributed by atoms with E-state index in [2.05, 4.69) is 5.32 Å². The molecule has 22 heavy (non-hydrogen) atoms. The van der Waals surface area contributed by atoms with Gasteiger partial charge in [-0.3, -0.25) is 14.9 Å². The van der Waals surface area contributed by atoms with Crippen molar-refractivity contribution in [3.05, 3.63) is 33.9 Å². The fraction of sp³-hybridized carbons (Fsp3) is 0.533. The summed E-state index contributed by atoms with van der Waals surface area (Å²) in [5, 5.41) is 23.1. The van der Waals surface area contributed by atoms with E-state index in [0.29, 0.717) is 12.5 Å². The van der Waals surface area contributed by atoms with Crippen LogP contribution < -0.4 is 5.32 Å². The van der Waals surface area contributed by atoms with E-state index in [1.54, 1.807) is 0 Å². The van der Waals surface area contributed by atoms with Crippen LogP contribution in [0.2, 0.25) is 0 Å². The van der Waals surface area contributed by atoms with Gasteiger partial charge < -0.3 is 15.2 Å². The Labute approximate surface area is 127 Å². The maximum atomic E-state index is 12.2. The summed E-state index contributed by atoms with van der Waals surface area (Å²) in [6, 6.07) is 3.68. The molecule has 0 radical (unpaired) electrons. The van der Waals surface area contributed by atoms with E-state index in [4.69, 9.17) is 4.74 Å². The summed E-state index contributed by atoms with van der Waals surface area (Å²) in [5.74, 6) is -0.180. The first kappa shape index (κ1) is 14.8. The maximum Gasteiger partial charge on any atom is 0.311 e. The van der Waals surface area contributed by atoms with Crippen molar-refractivity contribution in [3.8, 4) is 5.75 Å². The average molecular weight is 306 g/mol. The number of hydrogen-bond acceptors (Lipinski definition) is 5. The van der Waals surface area contributed by atoms with Crippen molar-refractivity contribution in [2.24, 2.45) is 5.92 Å². The first-order valence-corrected chi connectivity index (χ1v) is 7.44. The summed E-state index contributed by atoms with van der Waals surface area (Å²) in [4.78, 5) is 22.3. The number of nitrogens with one attached hydrogen (secondary N) is 1. The Morgan fingerprint density at radius 2 is 2.14 bits per heavy atom. The average Bonchev–Trinajstić information content (AvgIpc) is 3.32. The van der Waals surface area contributed by atoms with Gasteiger partial charge in [-0.25, -0.2) is 0 Å². The summed E-state index contributed by atoms with van der Waals surface area (Å²) < 4.78 is 5.71. The van der Waals surface area contributed by atoms with Crippen LogP contribution in [-0.2, 0) is 4.74 Å². The second kappa shape index (κ2) is 5.92. The molecule has 1 aliphatic heterocycles. The molecule has 7 heteroatoms. The minimum Gasteiger partial charge on any atom is -0.502 e. The zero-order chi connectivity index (χ0) is 15.7. The molecule has 2 atom stereocenters. The van der Waals surface area contributed by atoms with Crippen molar-refractivity contribution < 1.29 is 19.6 Å². The number of carbonyl (C=O) groups excluding carboxylic acids is 1. The number of nitro groups is 1. The highest BCUT2D eigenvalue weighted by molar-refractivity contribution is 5.95. The Morgan fingerprint density at radius 3 is 2.82 bits per heavy atom. The molecular weight excluding hydrogens is 288 g/mol. The van der Waals surface area contributed by atoms with Crippen LogP contribution in [0.4, 0.5) is 5.69 Å². The number of aromatic hydroxyl groups is 1. The summed E-state index contributed by atoms with van der Waals surface area (Å²) in [6.45, 7) is 0.627. The van der Waals surface area contributed by atoms with E-state index in [-0.39, 0.29) is 23.6 Å². The van der Waals surface area contributed by atoms with Crippen LogP contribution in [0.15, 0.2) is 18.2 Å². The standard InChI is InChI=1S/C15H18N2O5/c18-13-4-3-10(7-12(13)17(20)21)15(19)16-11-5-6-22-14(8-11)9-1-2-9/h3-4,7,9,11,14,18H,1-2,5-6,8H2,(H,16,19)/t11-,14-/m1/s1. The SMILES string of the molecule is O=C(N[C@@H]1CCO[C@@H](C2CC2)C1)c1ccc(O)c([N+](=O)[O-])c1. The quantitative estimate of drug-likeness (QED) is 0.654. The van der Waals surface area contributed by atoms with Crippen LogP contribution in [0.3, 0.4) is 0 Å². The molecule has 1 saturated heterocycles. The zero-order valence-corrected chi connectivity index (χ0v) is 12.0. The Morgan fingerprint density at radius 1 is 1.36 bits per heavy atom. The lowest BCUT2D eigenvalue weighted by Crippen LogP contribution is -2.42. The van der Waals surface area contributed by atoms with E-state index in [0.717, 1.165) is 18.9 Å². The molecule has 1 aromatic carbocycles. The van der Waals surface area contributed by atoms with Gasteiger partial charge in [-0.1, -0.05) is 0 Å². The molecule has 3 rings (SSSR count). The number of phenols is 1. The number of carbonyl (C=O) groups is 1. The van der Waals surface area contributed by atoms with Gasteiger partial charge in [0.1, 0.15) is 0 Å². The van der Waals surface area contributed by atoms with Crippen LogP contribution in [0.1, 0.15) is 36.0 Å². The number of phenolic OH excluding ortho intramolecular Hbond substituents is 1. The molecule has 2 N–H and O–H groups in total. The molecule has 2 aliphatic rings. The van der Waals surface area contributed by atoms with Crippen molar-refractivity contribution in [1.82, 2.24) is 5.32 Å². The smallest absolute Gasteiger partial charge is 0.311 e. The van der Waals surface area contributed by atoms with E-state index in [9.17, 15) is 20.0 Å². The molecule has 1 amide bonds. The van der Waals surface area contributed by atoms with Crippen molar-refractivity contribution in [1.29, 1.82) is 0 Å². The lowest BCUT2D eigenvalue weighted by Gasteiger charge is -2.30. The van der Waals surface area contributed by atoms with E-state index < -0.39 is 16.4 Å². The normalized spacial score (nSPS) is 24.7. The van der Waals surface area contributed by atoms with Crippen molar-refractivity contribution in [2.45, 2.75) is 37.8 Å². The van der Waals surface area contributed by atoms with Gasteiger partial charge in [0.05, 0.1) is 11.0 Å². The first-order chi connectivity index (χ1) is 10.5. The fourth-order valence-corrected chi connectivity index (χ4v) is 2.84. The second-order valence-electron chi connectivity index (χ2n) is 5.90. The number of rotatable bonds is 4. The molecule has 0 bridgehead atoms. The molecule has 1 saturated carbocycles. The Kier molecular flexibility index (Phi) is 3.98. The van der Waals surface area contributed by atoms with Gasteiger partial charge in [0.15, 0.2) is 5.75 Å². The van der Waals surface area contributed by atoms with Gasteiger partial charge in [0.25, 0.3) is 5.91 Å². The molecule has 7 nitrogen and oxygen atoms in total. The highest BCUT2D eigenvalue weighted by Gasteiger charge is 2.36. The summed E-state index contributed by atoms with van der Waals surface area (Å²) in [6.07, 6.45) is 4.13. The predicted molar refractivity (Wildman–Crippen MR) is 77.7 cm³/mol. The van der Waals surface area contributed by atoms with Crippen LogP contribution >= 0.6 is 0 Å².